The van der Waals surface area contributed by atoms with Gasteiger partial charge in [0.15, 0.2) is 0 Å². The molecule has 0 N–H and O–H groups in total. The molecular formula is C21H22AsN3O2. The molecule has 0 saturated carbocycles. The van der Waals surface area contributed by atoms with Gasteiger partial charge in [-0.25, -0.2) is 0 Å². The quantitative estimate of drug-likeness (QED) is 0.604. The molecule has 3 aromatic rings. The molecule has 1 aliphatic rings. The molecule has 4 rings (SSSR count). The first-order valence-electron chi connectivity index (χ1n) is 8.83. The van der Waals surface area contributed by atoms with Gasteiger partial charge in [0.2, 0.25) is 0 Å². The minimum absolute atomic E-state index is 0.746. The summed E-state index contributed by atoms with van der Waals surface area (Å²) in [6, 6.07) is 10.4. The summed E-state index contributed by atoms with van der Waals surface area (Å²) in [5.74, 6) is 1.78. The van der Waals surface area contributed by atoms with Crippen molar-refractivity contribution in [2.24, 2.45) is 0 Å². The van der Waals surface area contributed by atoms with Gasteiger partial charge >= 0.3 is 167 Å². The van der Waals surface area contributed by atoms with Gasteiger partial charge in [-0.05, 0) is 0 Å². The van der Waals surface area contributed by atoms with Gasteiger partial charge in [-0.3, -0.25) is 0 Å². The molecule has 3 heterocycles. The van der Waals surface area contributed by atoms with E-state index >= 15 is 0 Å². The van der Waals surface area contributed by atoms with Crippen LogP contribution in [-0.4, -0.2) is 45.5 Å². The molecule has 0 spiro atoms. The number of pyridine rings is 1. The molecule has 5 nitrogen and oxygen atoms in total. The van der Waals surface area contributed by atoms with Gasteiger partial charge in [-0.2, -0.15) is 0 Å². The number of fused-ring (bicyclic) bond motifs is 1. The first-order chi connectivity index (χ1) is 13.1. The molecule has 0 amide bonds. The van der Waals surface area contributed by atoms with Gasteiger partial charge in [0.25, 0.3) is 0 Å². The minimum atomic E-state index is 0.746. The van der Waals surface area contributed by atoms with E-state index in [0.29, 0.717) is 0 Å². The van der Waals surface area contributed by atoms with E-state index in [1.807, 2.05) is 32.2 Å². The van der Waals surface area contributed by atoms with E-state index in [1.165, 1.54) is 16.5 Å². The molecule has 0 aliphatic carbocycles. The summed E-state index contributed by atoms with van der Waals surface area (Å²) in [4.78, 5) is 6.75. The number of aryl methyl sites for hydroxylation is 2. The Morgan fingerprint density at radius 3 is 2.81 bits per heavy atom. The maximum atomic E-state index is 5.75. The fourth-order valence-corrected chi connectivity index (χ4v) is 4.79. The Labute approximate surface area is 167 Å². The molecule has 2 aromatic heterocycles. The second-order valence-corrected chi connectivity index (χ2v) is 7.98. The van der Waals surface area contributed by atoms with Crippen LogP contribution in [0.25, 0.3) is 16.5 Å². The van der Waals surface area contributed by atoms with Crippen LogP contribution in [0.4, 0.5) is 0 Å². The molecule has 6 heteroatoms. The zero-order valence-corrected chi connectivity index (χ0v) is 18.1. The summed E-state index contributed by atoms with van der Waals surface area (Å²) in [7, 11) is 1.74. The fourth-order valence-electron chi connectivity index (χ4n) is 3.73. The van der Waals surface area contributed by atoms with Crippen molar-refractivity contribution in [3.8, 4) is 0 Å². The maximum absolute atomic E-state index is 5.75. The normalized spacial score (nSPS) is 14.7. The fraction of sp³-hybridized carbons (Fsp3) is 0.238. The Morgan fingerprint density at radius 1 is 1.22 bits per heavy atom. The Balaban J connectivity index is 1.73. The van der Waals surface area contributed by atoms with E-state index in [-0.39, 0.29) is 0 Å². The molecule has 0 radical (unpaired) electrons. The van der Waals surface area contributed by atoms with Crippen LogP contribution in [0, 0.1) is 13.8 Å². The second-order valence-electron chi connectivity index (χ2n) is 6.68. The molecule has 27 heavy (non-hydrogen) atoms. The number of nitrogens with zero attached hydrogens (tertiary/aromatic N) is 3. The zero-order chi connectivity index (χ0) is 19.0. The predicted octanol–water partition coefficient (Wildman–Crippen LogP) is 3.19. The van der Waals surface area contributed by atoms with Crippen LogP contribution in [0.1, 0.15) is 22.6 Å². The average Bonchev–Trinajstić information content (AvgIpc) is 3.00. The molecule has 0 saturated heterocycles. The summed E-state index contributed by atoms with van der Waals surface area (Å²) in [6.45, 7) is 5.45. The topological polar surface area (TPSA) is 51.4 Å². The molecule has 0 bridgehead atoms. The Bertz CT molecular complexity index is 1040. The van der Waals surface area contributed by atoms with Crippen LogP contribution in [-0.2, 0) is 11.3 Å². The third-order valence-electron chi connectivity index (χ3n) is 4.87. The van der Waals surface area contributed by atoms with Crippen LogP contribution >= 0.6 is 0 Å². The molecule has 1 aliphatic heterocycles. The monoisotopic (exact) mass is 423 g/mol. The molecule has 0 fully saturated rings. The number of benzene rings is 1. The number of ether oxygens (including phenoxy) is 1. The summed E-state index contributed by atoms with van der Waals surface area (Å²) in [6.07, 6.45) is 4.03. The van der Waals surface area contributed by atoms with E-state index < -0.39 is 0 Å². The van der Waals surface area contributed by atoms with E-state index in [1.54, 1.807) is 24.0 Å². The van der Waals surface area contributed by atoms with Crippen molar-refractivity contribution in [1.29, 1.82) is 0 Å². The van der Waals surface area contributed by atoms with Crippen molar-refractivity contribution >= 4 is 33.3 Å². The van der Waals surface area contributed by atoms with Crippen molar-refractivity contribution < 1.29 is 9.26 Å². The Morgan fingerprint density at radius 2 is 2.07 bits per heavy atom. The van der Waals surface area contributed by atoms with Crippen LogP contribution in [0.15, 0.2) is 57.4 Å². The van der Waals surface area contributed by atoms with Crippen molar-refractivity contribution in [2.75, 3.05) is 13.7 Å². The van der Waals surface area contributed by atoms with Crippen molar-refractivity contribution in [3.63, 3.8) is 0 Å². The summed E-state index contributed by atoms with van der Waals surface area (Å²) in [5.41, 5.74) is 5.48. The third-order valence-corrected chi connectivity index (χ3v) is 5.74. The van der Waals surface area contributed by atoms with E-state index in [0.717, 1.165) is 45.9 Å². The number of rotatable bonds is 4. The summed E-state index contributed by atoms with van der Waals surface area (Å²) in [5, 5.41) is 5.29. The number of methoxy groups -OCH3 is 1. The SMILES string of the molecule is COC1=C([AsH2])C=C(c2c(C)noc2C)CN1Cc1cccc2ncccc12. The standard InChI is InChI=1S/C21H22AsN3O2/c1-13-20(14(2)27-24-13)16-10-18(22)21(26-3)25(12-16)11-15-6-4-8-19-17(15)7-5-9-23-19/h4-10H,11-12,22H2,1-3H3. The first kappa shape index (κ1) is 17.9. The van der Waals surface area contributed by atoms with Crippen LogP contribution < -0.4 is 0 Å². The van der Waals surface area contributed by atoms with Gasteiger partial charge in [0.1, 0.15) is 0 Å². The summed E-state index contributed by atoms with van der Waals surface area (Å²) < 4.78 is 12.3. The number of aromatic nitrogens is 2. The van der Waals surface area contributed by atoms with E-state index in [9.17, 15) is 0 Å². The van der Waals surface area contributed by atoms with E-state index in [2.05, 4.69) is 39.3 Å². The van der Waals surface area contributed by atoms with Gasteiger partial charge in [0.05, 0.1) is 0 Å². The van der Waals surface area contributed by atoms with Gasteiger partial charge in [-0.15, -0.1) is 0 Å². The average molecular weight is 423 g/mol. The summed E-state index contributed by atoms with van der Waals surface area (Å²) >= 11 is 1.55. The van der Waals surface area contributed by atoms with Gasteiger partial charge in [0, 0.05) is 0 Å². The molecule has 1 aromatic carbocycles. The van der Waals surface area contributed by atoms with Crippen LogP contribution in [0.2, 0.25) is 0 Å². The van der Waals surface area contributed by atoms with Crippen molar-refractivity contribution in [1.82, 2.24) is 15.0 Å². The Kier molecular flexibility index (Phi) is 4.79. The molecule has 1 atom stereocenters. The van der Waals surface area contributed by atoms with Crippen molar-refractivity contribution in [3.05, 3.63) is 75.4 Å². The van der Waals surface area contributed by atoms with Gasteiger partial charge < -0.3 is 0 Å². The molecular weight excluding hydrogens is 401 g/mol. The Hall–Kier alpha value is -2.52. The van der Waals surface area contributed by atoms with Crippen molar-refractivity contribution in [2.45, 2.75) is 20.4 Å². The predicted molar refractivity (Wildman–Crippen MR) is 109 cm³/mol. The first-order valence-corrected chi connectivity index (χ1v) is 10.0. The zero-order valence-electron chi connectivity index (χ0n) is 15.7. The number of hydrogen-bond donors (Lipinski definition) is 0. The van der Waals surface area contributed by atoms with Crippen LogP contribution in [0.3, 0.4) is 0 Å². The van der Waals surface area contributed by atoms with Gasteiger partial charge in [-0.1, -0.05) is 0 Å². The molecule has 138 valence electrons. The third kappa shape index (κ3) is 3.28. The molecule has 1 unspecified atom stereocenters. The van der Waals surface area contributed by atoms with Crippen LogP contribution in [0.5, 0.6) is 0 Å². The van der Waals surface area contributed by atoms with E-state index in [4.69, 9.17) is 9.26 Å². The number of allylic oxidation sites excluding steroid dienone is 2. The second kappa shape index (κ2) is 7.24. The number of hydrogen-bond acceptors (Lipinski definition) is 5.